The van der Waals surface area contributed by atoms with Crippen molar-refractivity contribution in [3.8, 4) is 0 Å². The second kappa shape index (κ2) is 6.31. The van der Waals surface area contributed by atoms with E-state index in [1.54, 1.807) is 12.1 Å². The highest BCUT2D eigenvalue weighted by Gasteiger charge is 2.09. The summed E-state index contributed by atoms with van der Waals surface area (Å²) in [5, 5.41) is 2.89. The SMILES string of the molecule is NNc1ncc(C(=O)NCc2cccc(F)c2)cc1Cl. The number of aromatic nitrogens is 1. The summed E-state index contributed by atoms with van der Waals surface area (Å²) in [5.74, 6) is 4.78. The van der Waals surface area contributed by atoms with E-state index < -0.39 is 0 Å². The van der Waals surface area contributed by atoms with Crippen LogP contribution in [0.1, 0.15) is 15.9 Å². The molecule has 1 amide bonds. The topological polar surface area (TPSA) is 80.0 Å². The quantitative estimate of drug-likeness (QED) is 0.596. The summed E-state index contributed by atoms with van der Waals surface area (Å²) in [6.45, 7) is 0.213. The van der Waals surface area contributed by atoms with E-state index in [0.29, 0.717) is 11.1 Å². The standard InChI is InChI=1S/C13H12ClFN4O/c14-11-5-9(7-17-12(11)19-16)13(20)18-6-8-2-1-3-10(15)4-8/h1-5,7H,6,16H2,(H,17,19)(H,18,20). The number of nitrogen functional groups attached to an aromatic ring is 1. The first-order valence-corrected chi connectivity index (χ1v) is 6.13. The molecule has 0 radical (unpaired) electrons. The Morgan fingerprint density at radius 2 is 2.20 bits per heavy atom. The zero-order chi connectivity index (χ0) is 14.5. The Morgan fingerprint density at radius 1 is 1.40 bits per heavy atom. The number of rotatable bonds is 4. The lowest BCUT2D eigenvalue weighted by Crippen LogP contribution is -2.23. The molecule has 0 aliphatic carbocycles. The number of nitrogens with zero attached hydrogens (tertiary/aromatic N) is 1. The molecular weight excluding hydrogens is 283 g/mol. The number of hydrogen-bond acceptors (Lipinski definition) is 4. The Morgan fingerprint density at radius 3 is 2.85 bits per heavy atom. The van der Waals surface area contributed by atoms with Crippen LogP contribution in [0.5, 0.6) is 0 Å². The van der Waals surface area contributed by atoms with E-state index in [4.69, 9.17) is 17.4 Å². The van der Waals surface area contributed by atoms with Gasteiger partial charge in [0.05, 0.1) is 10.6 Å². The van der Waals surface area contributed by atoms with Crippen molar-refractivity contribution in [2.45, 2.75) is 6.54 Å². The highest BCUT2D eigenvalue weighted by Crippen LogP contribution is 2.18. The summed E-state index contributed by atoms with van der Waals surface area (Å²) >= 11 is 5.88. The van der Waals surface area contributed by atoms with Crippen molar-refractivity contribution in [3.05, 3.63) is 58.5 Å². The van der Waals surface area contributed by atoms with Crippen molar-refractivity contribution in [1.29, 1.82) is 0 Å². The number of anilines is 1. The van der Waals surface area contributed by atoms with Gasteiger partial charge in [-0.05, 0) is 23.8 Å². The summed E-state index contributed by atoms with van der Waals surface area (Å²) in [7, 11) is 0. The monoisotopic (exact) mass is 294 g/mol. The van der Waals surface area contributed by atoms with Gasteiger partial charge in [0.2, 0.25) is 0 Å². The maximum Gasteiger partial charge on any atom is 0.253 e. The lowest BCUT2D eigenvalue weighted by Gasteiger charge is -2.07. The van der Waals surface area contributed by atoms with Crippen LogP contribution < -0.4 is 16.6 Å². The molecule has 0 unspecified atom stereocenters. The van der Waals surface area contributed by atoms with Crippen LogP contribution in [0.2, 0.25) is 5.02 Å². The second-order valence-electron chi connectivity index (χ2n) is 4.01. The minimum absolute atomic E-state index is 0.213. The number of hydrogen-bond donors (Lipinski definition) is 3. The molecule has 4 N–H and O–H groups in total. The van der Waals surface area contributed by atoms with Gasteiger partial charge in [-0.3, -0.25) is 4.79 Å². The highest BCUT2D eigenvalue weighted by molar-refractivity contribution is 6.33. The molecule has 0 bridgehead atoms. The largest absolute Gasteiger partial charge is 0.348 e. The molecule has 0 aliphatic heterocycles. The molecule has 20 heavy (non-hydrogen) atoms. The summed E-state index contributed by atoms with van der Waals surface area (Å²) < 4.78 is 13.0. The van der Waals surface area contributed by atoms with Crippen LogP contribution in [-0.2, 0) is 6.54 Å². The summed E-state index contributed by atoms with van der Waals surface area (Å²) in [6.07, 6.45) is 1.35. The molecule has 2 aromatic rings. The molecule has 1 aromatic heterocycles. The summed E-state index contributed by atoms with van der Waals surface area (Å²) in [5.41, 5.74) is 3.27. The van der Waals surface area contributed by atoms with Gasteiger partial charge in [-0.2, -0.15) is 0 Å². The molecule has 1 heterocycles. The predicted octanol–water partition coefficient (Wildman–Crippen LogP) is 2.09. The van der Waals surface area contributed by atoms with Crippen LogP contribution in [0.25, 0.3) is 0 Å². The first-order chi connectivity index (χ1) is 9.60. The number of nitrogens with one attached hydrogen (secondary N) is 2. The van der Waals surface area contributed by atoms with Crippen molar-refractivity contribution < 1.29 is 9.18 Å². The average Bonchev–Trinajstić information content (AvgIpc) is 2.44. The first-order valence-electron chi connectivity index (χ1n) is 5.75. The zero-order valence-electron chi connectivity index (χ0n) is 10.4. The molecule has 104 valence electrons. The number of nitrogens with two attached hydrogens (primary N) is 1. The summed E-state index contributed by atoms with van der Waals surface area (Å²) in [6, 6.07) is 7.44. The molecule has 7 heteroatoms. The minimum atomic E-state index is -0.354. The number of halogens is 2. The first kappa shape index (κ1) is 14.2. The predicted molar refractivity (Wildman–Crippen MR) is 74.6 cm³/mol. The van der Waals surface area contributed by atoms with Gasteiger partial charge in [0.15, 0.2) is 5.82 Å². The third-order valence-electron chi connectivity index (χ3n) is 2.58. The molecule has 0 spiro atoms. The van der Waals surface area contributed by atoms with Gasteiger partial charge in [-0.25, -0.2) is 15.2 Å². The number of pyridine rings is 1. The van der Waals surface area contributed by atoms with Crippen LogP contribution in [0.3, 0.4) is 0 Å². The fourth-order valence-corrected chi connectivity index (χ4v) is 1.82. The van der Waals surface area contributed by atoms with E-state index in [1.165, 1.54) is 24.4 Å². The van der Waals surface area contributed by atoms with Crippen molar-refractivity contribution in [2.24, 2.45) is 5.84 Å². The maximum atomic E-state index is 13.0. The average molecular weight is 295 g/mol. The number of carbonyl (C=O) groups excluding carboxylic acids is 1. The Hall–Kier alpha value is -2.18. The normalized spacial score (nSPS) is 10.2. The maximum absolute atomic E-state index is 13.0. The van der Waals surface area contributed by atoms with Gasteiger partial charge in [-0.1, -0.05) is 23.7 Å². The van der Waals surface area contributed by atoms with E-state index in [-0.39, 0.29) is 29.1 Å². The van der Waals surface area contributed by atoms with Gasteiger partial charge in [0, 0.05) is 12.7 Å². The van der Waals surface area contributed by atoms with Crippen LogP contribution in [-0.4, -0.2) is 10.9 Å². The third kappa shape index (κ3) is 3.43. The molecule has 0 aliphatic rings. The van der Waals surface area contributed by atoms with Gasteiger partial charge in [0.25, 0.3) is 5.91 Å². The van der Waals surface area contributed by atoms with Crippen molar-refractivity contribution in [1.82, 2.24) is 10.3 Å². The highest BCUT2D eigenvalue weighted by atomic mass is 35.5. The van der Waals surface area contributed by atoms with Crippen molar-refractivity contribution in [2.75, 3.05) is 5.43 Å². The molecule has 0 saturated heterocycles. The molecule has 0 fully saturated rings. The second-order valence-corrected chi connectivity index (χ2v) is 4.42. The van der Waals surface area contributed by atoms with Gasteiger partial charge in [-0.15, -0.1) is 0 Å². The fourth-order valence-electron chi connectivity index (χ4n) is 1.60. The van der Waals surface area contributed by atoms with Crippen LogP contribution >= 0.6 is 11.6 Å². The van der Waals surface area contributed by atoms with E-state index in [1.807, 2.05) is 0 Å². The van der Waals surface area contributed by atoms with Crippen LogP contribution in [0.4, 0.5) is 10.2 Å². The zero-order valence-corrected chi connectivity index (χ0v) is 11.1. The van der Waals surface area contributed by atoms with E-state index in [2.05, 4.69) is 15.7 Å². The van der Waals surface area contributed by atoms with E-state index >= 15 is 0 Å². The molecule has 0 saturated carbocycles. The Balaban J connectivity index is 2.03. The Kier molecular flexibility index (Phi) is 4.49. The van der Waals surface area contributed by atoms with Gasteiger partial charge < -0.3 is 10.7 Å². The lowest BCUT2D eigenvalue weighted by molar-refractivity contribution is 0.0950. The van der Waals surface area contributed by atoms with Gasteiger partial charge in [0.1, 0.15) is 5.82 Å². The van der Waals surface area contributed by atoms with Crippen molar-refractivity contribution >= 4 is 23.3 Å². The molecule has 2 rings (SSSR count). The van der Waals surface area contributed by atoms with E-state index in [0.717, 1.165) is 0 Å². The number of carbonyl (C=O) groups is 1. The third-order valence-corrected chi connectivity index (χ3v) is 2.87. The van der Waals surface area contributed by atoms with E-state index in [9.17, 15) is 9.18 Å². The lowest BCUT2D eigenvalue weighted by atomic mass is 10.2. The number of benzene rings is 1. The van der Waals surface area contributed by atoms with Crippen LogP contribution in [0, 0.1) is 5.82 Å². The molecule has 0 atom stereocenters. The number of amides is 1. The number of hydrazine groups is 1. The Bertz CT molecular complexity index is 636. The summed E-state index contributed by atoms with van der Waals surface area (Å²) in [4.78, 5) is 15.8. The van der Waals surface area contributed by atoms with Gasteiger partial charge >= 0.3 is 0 Å². The van der Waals surface area contributed by atoms with Crippen LogP contribution in [0.15, 0.2) is 36.5 Å². The smallest absolute Gasteiger partial charge is 0.253 e. The molecule has 5 nitrogen and oxygen atoms in total. The minimum Gasteiger partial charge on any atom is -0.348 e. The fraction of sp³-hybridized carbons (Fsp3) is 0.0769. The Labute approximate surface area is 119 Å². The molecule has 1 aromatic carbocycles. The molecular formula is C13H12ClFN4O. The van der Waals surface area contributed by atoms with Crippen molar-refractivity contribution in [3.63, 3.8) is 0 Å².